The summed E-state index contributed by atoms with van der Waals surface area (Å²) in [5, 5.41) is 4.04. The fourth-order valence-electron chi connectivity index (χ4n) is 2.16. The Hall–Kier alpha value is -1.91. The smallest absolute Gasteiger partial charge is 0.387 e. The van der Waals surface area contributed by atoms with Gasteiger partial charge in [-0.2, -0.15) is 8.78 Å². The highest BCUT2D eigenvalue weighted by atomic mass is 19.3. The lowest BCUT2D eigenvalue weighted by atomic mass is 10.1. The van der Waals surface area contributed by atoms with Crippen LogP contribution >= 0.6 is 0 Å². The Morgan fingerprint density at radius 2 is 2.05 bits per heavy atom. The Balaban J connectivity index is 2.48. The van der Waals surface area contributed by atoms with Crippen molar-refractivity contribution in [1.82, 2.24) is 4.98 Å². The summed E-state index contributed by atoms with van der Waals surface area (Å²) in [6.45, 7) is 2.02. The van der Waals surface area contributed by atoms with Crippen molar-refractivity contribution in [2.75, 3.05) is 11.9 Å². The number of nitrogens with one attached hydrogen (secondary N) is 1. The highest BCUT2D eigenvalue weighted by Gasteiger charge is 2.09. The van der Waals surface area contributed by atoms with Crippen molar-refractivity contribution < 1.29 is 13.5 Å². The van der Waals surface area contributed by atoms with Gasteiger partial charge in [0.2, 0.25) is 0 Å². The minimum absolute atomic E-state index is 0.150. The summed E-state index contributed by atoms with van der Waals surface area (Å²) in [4.78, 5) is 4.55. The minimum Gasteiger partial charge on any atom is -0.435 e. The largest absolute Gasteiger partial charge is 0.435 e. The van der Waals surface area contributed by atoms with E-state index >= 15 is 0 Å². The van der Waals surface area contributed by atoms with Gasteiger partial charge in [0.25, 0.3) is 0 Å². The van der Waals surface area contributed by atoms with Gasteiger partial charge >= 0.3 is 6.61 Å². The molecule has 2 rings (SSSR count). The number of hydrogen-bond acceptors (Lipinski definition) is 3. The molecule has 0 saturated carbocycles. The van der Waals surface area contributed by atoms with Crippen LogP contribution in [0, 0.1) is 0 Å². The van der Waals surface area contributed by atoms with Gasteiger partial charge in [-0.15, -0.1) is 0 Å². The fourth-order valence-corrected chi connectivity index (χ4v) is 2.16. The highest BCUT2D eigenvalue weighted by molar-refractivity contribution is 5.92. The van der Waals surface area contributed by atoms with Crippen LogP contribution in [-0.4, -0.2) is 18.1 Å². The molecule has 0 aliphatic carbocycles. The average Bonchev–Trinajstić information content (AvgIpc) is 2.39. The van der Waals surface area contributed by atoms with Gasteiger partial charge in [0.1, 0.15) is 5.75 Å². The van der Waals surface area contributed by atoms with Crippen molar-refractivity contribution in [3.05, 3.63) is 30.0 Å². The molecule has 2 aromatic rings. The van der Waals surface area contributed by atoms with Gasteiger partial charge in [0.05, 0.1) is 5.52 Å². The van der Waals surface area contributed by atoms with E-state index in [-0.39, 0.29) is 5.75 Å². The SMILES string of the molecule is CCCc1cc(NCC)c2cc(OC(F)F)ccc2n1. The number of anilines is 1. The summed E-state index contributed by atoms with van der Waals surface area (Å²) in [5.74, 6) is 0.150. The third-order valence-electron chi connectivity index (χ3n) is 2.93. The second-order valence-electron chi connectivity index (χ2n) is 4.50. The van der Waals surface area contributed by atoms with Crippen molar-refractivity contribution in [3.8, 4) is 5.75 Å². The molecule has 1 aromatic carbocycles. The lowest BCUT2D eigenvalue weighted by Crippen LogP contribution is -2.03. The van der Waals surface area contributed by atoms with Crippen LogP contribution in [-0.2, 0) is 6.42 Å². The Labute approximate surface area is 117 Å². The number of fused-ring (bicyclic) bond motifs is 1. The number of nitrogens with zero attached hydrogens (tertiary/aromatic N) is 1. The Bertz CT molecular complexity index is 587. The molecule has 1 heterocycles. The molecule has 0 fully saturated rings. The number of pyridine rings is 1. The first-order valence-electron chi connectivity index (χ1n) is 6.76. The summed E-state index contributed by atoms with van der Waals surface area (Å²) >= 11 is 0. The van der Waals surface area contributed by atoms with Crippen molar-refractivity contribution in [3.63, 3.8) is 0 Å². The maximum Gasteiger partial charge on any atom is 0.387 e. The van der Waals surface area contributed by atoms with Crippen LogP contribution in [0.1, 0.15) is 26.0 Å². The first kappa shape index (κ1) is 14.5. The predicted molar refractivity (Wildman–Crippen MR) is 76.5 cm³/mol. The summed E-state index contributed by atoms with van der Waals surface area (Å²) in [6.07, 6.45) is 1.90. The van der Waals surface area contributed by atoms with Crippen molar-refractivity contribution in [2.45, 2.75) is 33.3 Å². The molecule has 20 heavy (non-hydrogen) atoms. The summed E-state index contributed by atoms with van der Waals surface area (Å²) < 4.78 is 29.0. The second kappa shape index (κ2) is 6.50. The maximum absolute atomic E-state index is 12.3. The summed E-state index contributed by atoms with van der Waals surface area (Å²) in [6, 6.07) is 6.81. The van der Waals surface area contributed by atoms with E-state index in [9.17, 15) is 8.78 Å². The molecule has 0 radical (unpaired) electrons. The molecule has 108 valence electrons. The number of hydrogen-bond donors (Lipinski definition) is 1. The predicted octanol–water partition coefficient (Wildman–Crippen LogP) is 4.22. The molecule has 5 heteroatoms. The van der Waals surface area contributed by atoms with Crippen LogP contribution in [0.2, 0.25) is 0 Å². The first-order chi connectivity index (χ1) is 9.63. The molecule has 1 aromatic heterocycles. The van der Waals surface area contributed by atoms with E-state index in [4.69, 9.17) is 0 Å². The van der Waals surface area contributed by atoms with E-state index in [1.165, 1.54) is 6.07 Å². The number of rotatable bonds is 6. The van der Waals surface area contributed by atoms with Crippen LogP contribution < -0.4 is 10.1 Å². The average molecular weight is 280 g/mol. The van der Waals surface area contributed by atoms with Crippen LogP contribution in [0.25, 0.3) is 10.9 Å². The van der Waals surface area contributed by atoms with Gasteiger partial charge in [-0.05, 0) is 37.6 Å². The molecule has 0 atom stereocenters. The van der Waals surface area contributed by atoms with E-state index in [0.29, 0.717) is 0 Å². The van der Waals surface area contributed by atoms with Crippen molar-refractivity contribution in [2.24, 2.45) is 0 Å². The molecule has 0 amide bonds. The number of halogens is 2. The Morgan fingerprint density at radius 1 is 1.25 bits per heavy atom. The van der Waals surface area contributed by atoms with Crippen LogP contribution in [0.15, 0.2) is 24.3 Å². The highest BCUT2D eigenvalue weighted by Crippen LogP contribution is 2.28. The topological polar surface area (TPSA) is 34.1 Å². The van der Waals surface area contributed by atoms with Crippen molar-refractivity contribution >= 4 is 16.6 Å². The second-order valence-corrected chi connectivity index (χ2v) is 4.50. The van der Waals surface area contributed by atoms with Crippen LogP contribution in [0.3, 0.4) is 0 Å². The standard InChI is InChI=1S/C15H18F2N2O/c1-3-5-10-8-14(18-4-2)12-9-11(20-15(16)17)6-7-13(12)19-10/h6-9,15H,3-5H2,1-2H3,(H,18,19). The van der Waals surface area contributed by atoms with E-state index in [0.717, 1.165) is 41.7 Å². The molecule has 0 unspecified atom stereocenters. The van der Waals surface area contributed by atoms with E-state index in [2.05, 4.69) is 22.0 Å². The molecular formula is C15H18F2N2O. The van der Waals surface area contributed by atoms with Gasteiger partial charge in [-0.1, -0.05) is 13.3 Å². The summed E-state index contributed by atoms with van der Waals surface area (Å²) in [5.41, 5.74) is 2.69. The number of alkyl halides is 2. The number of aromatic nitrogens is 1. The normalized spacial score (nSPS) is 11.1. The van der Waals surface area contributed by atoms with Gasteiger partial charge in [0, 0.05) is 23.3 Å². The Kier molecular flexibility index (Phi) is 4.71. The number of ether oxygens (including phenoxy) is 1. The van der Waals surface area contributed by atoms with Gasteiger partial charge in [0.15, 0.2) is 0 Å². The van der Waals surface area contributed by atoms with E-state index in [1.54, 1.807) is 12.1 Å². The minimum atomic E-state index is -2.82. The molecular weight excluding hydrogens is 262 g/mol. The van der Waals surface area contributed by atoms with E-state index < -0.39 is 6.61 Å². The lowest BCUT2D eigenvalue weighted by molar-refractivity contribution is -0.0497. The fraction of sp³-hybridized carbons (Fsp3) is 0.400. The summed E-state index contributed by atoms with van der Waals surface area (Å²) in [7, 11) is 0. The van der Waals surface area contributed by atoms with Crippen LogP contribution in [0.5, 0.6) is 5.75 Å². The molecule has 0 saturated heterocycles. The Morgan fingerprint density at radius 3 is 2.70 bits per heavy atom. The maximum atomic E-state index is 12.3. The monoisotopic (exact) mass is 280 g/mol. The zero-order valence-electron chi connectivity index (χ0n) is 11.6. The van der Waals surface area contributed by atoms with Gasteiger partial charge < -0.3 is 10.1 Å². The molecule has 0 aliphatic heterocycles. The van der Waals surface area contributed by atoms with Crippen LogP contribution in [0.4, 0.5) is 14.5 Å². The molecule has 3 nitrogen and oxygen atoms in total. The molecule has 0 spiro atoms. The molecule has 0 bridgehead atoms. The number of aryl methyl sites for hydroxylation is 1. The third-order valence-corrected chi connectivity index (χ3v) is 2.93. The number of benzene rings is 1. The molecule has 1 N–H and O–H groups in total. The van der Waals surface area contributed by atoms with Crippen molar-refractivity contribution in [1.29, 1.82) is 0 Å². The molecule has 0 aliphatic rings. The first-order valence-corrected chi connectivity index (χ1v) is 6.76. The quantitative estimate of drug-likeness (QED) is 0.860. The van der Waals surface area contributed by atoms with Gasteiger partial charge in [-0.3, -0.25) is 4.98 Å². The lowest BCUT2D eigenvalue weighted by Gasteiger charge is -2.12. The van der Waals surface area contributed by atoms with E-state index in [1.807, 2.05) is 13.0 Å². The van der Waals surface area contributed by atoms with Gasteiger partial charge in [-0.25, -0.2) is 0 Å². The third kappa shape index (κ3) is 3.35. The zero-order chi connectivity index (χ0) is 14.5. The zero-order valence-corrected chi connectivity index (χ0v) is 11.6.